The van der Waals surface area contributed by atoms with E-state index < -0.39 is 6.10 Å². The van der Waals surface area contributed by atoms with E-state index in [4.69, 9.17) is 4.74 Å². The van der Waals surface area contributed by atoms with Crippen molar-refractivity contribution >= 4 is 11.7 Å². The van der Waals surface area contributed by atoms with Gasteiger partial charge in [0.1, 0.15) is 5.82 Å². The number of hydrogen-bond donors (Lipinski definition) is 1. The van der Waals surface area contributed by atoms with E-state index in [1.807, 2.05) is 54.3 Å². The van der Waals surface area contributed by atoms with Crippen LogP contribution in [0.3, 0.4) is 0 Å². The number of ether oxygens (including phenoxy) is 1. The predicted octanol–water partition coefficient (Wildman–Crippen LogP) is 2.66. The first-order valence-corrected chi connectivity index (χ1v) is 8.77. The minimum absolute atomic E-state index is 0.0472. The normalized spacial score (nSPS) is 16.4. The van der Waals surface area contributed by atoms with Crippen LogP contribution in [-0.4, -0.2) is 46.7 Å². The monoisotopic (exact) mass is 340 g/mol. The Bertz CT molecular complexity index is 658. The van der Waals surface area contributed by atoms with Crippen molar-refractivity contribution in [3.8, 4) is 0 Å². The highest BCUT2D eigenvalue weighted by molar-refractivity contribution is 5.82. The zero-order valence-electron chi connectivity index (χ0n) is 14.5. The van der Waals surface area contributed by atoms with Gasteiger partial charge in [-0.3, -0.25) is 4.79 Å². The van der Waals surface area contributed by atoms with E-state index in [1.165, 1.54) is 0 Å². The Labute approximate surface area is 148 Å². The maximum atomic E-state index is 12.9. The molecule has 3 rings (SSSR count). The lowest BCUT2D eigenvalue weighted by Crippen LogP contribution is -2.44. The van der Waals surface area contributed by atoms with Gasteiger partial charge in [-0.15, -0.1) is 5.10 Å². The second-order valence-corrected chi connectivity index (χ2v) is 6.10. The maximum Gasteiger partial charge on any atom is 0.256 e. The van der Waals surface area contributed by atoms with E-state index in [1.54, 1.807) is 6.20 Å². The Morgan fingerprint density at radius 2 is 2.00 bits per heavy atom. The van der Waals surface area contributed by atoms with Crippen LogP contribution in [0.25, 0.3) is 0 Å². The van der Waals surface area contributed by atoms with Crippen LogP contribution in [0.2, 0.25) is 0 Å². The molecule has 2 aromatic rings. The van der Waals surface area contributed by atoms with Crippen LogP contribution in [0.5, 0.6) is 0 Å². The molecule has 0 aliphatic carbocycles. The summed E-state index contributed by atoms with van der Waals surface area (Å²) in [5.74, 6) is 0.828. The van der Waals surface area contributed by atoms with Gasteiger partial charge in [-0.25, -0.2) is 0 Å². The fourth-order valence-corrected chi connectivity index (χ4v) is 3.10. The standard InChI is InChI=1S/C19H24N4O2/c1-2-25-18(15-7-4-3-5-8-15)19(24)23-13-10-16(11-14-23)21-17-9-6-12-20-22-17/h3-9,12,16,18H,2,10-11,13-14H2,1H3,(H,21,22)/t18-/m0/s1. The van der Waals surface area contributed by atoms with E-state index in [2.05, 4.69) is 15.5 Å². The molecule has 1 N–H and O–H groups in total. The lowest BCUT2D eigenvalue weighted by Gasteiger charge is -2.34. The number of anilines is 1. The molecule has 0 bridgehead atoms. The van der Waals surface area contributed by atoms with Gasteiger partial charge in [0.05, 0.1) is 0 Å². The van der Waals surface area contributed by atoms with Crippen molar-refractivity contribution in [2.24, 2.45) is 0 Å². The summed E-state index contributed by atoms with van der Waals surface area (Å²) in [7, 11) is 0. The van der Waals surface area contributed by atoms with Gasteiger partial charge < -0.3 is 15.0 Å². The SMILES string of the molecule is CCO[C@H](C(=O)N1CCC(Nc2cccnn2)CC1)c1ccccc1. The highest BCUT2D eigenvalue weighted by Crippen LogP contribution is 2.23. The van der Waals surface area contributed by atoms with Gasteiger partial charge in [0.15, 0.2) is 6.10 Å². The maximum absolute atomic E-state index is 12.9. The number of rotatable bonds is 6. The Morgan fingerprint density at radius 3 is 2.64 bits per heavy atom. The molecule has 1 aliphatic heterocycles. The third kappa shape index (κ3) is 4.54. The number of nitrogens with one attached hydrogen (secondary N) is 1. The summed E-state index contributed by atoms with van der Waals surface area (Å²) in [4.78, 5) is 14.8. The third-order valence-corrected chi connectivity index (χ3v) is 4.39. The average Bonchev–Trinajstić information content (AvgIpc) is 2.68. The first-order valence-electron chi connectivity index (χ1n) is 8.77. The fraction of sp³-hybridized carbons (Fsp3) is 0.421. The van der Waals surface area contributed by atoms with Crippen molar-refractivity contribution in [1.82, 2.24) is 15.1 Å². The summed E-state index contributed by atoms with van der Waals surface area (Å²) < 4.78 is 5.74. The van der Waals surface area contributed by atoms with Crippen molar-refractivity contribution in [2.75, 3.05) is 25.0 Å². The van der Waals surface area contributed by atoms with Crippen LogP contribution in [0.4, 0.5) is 5.82 Å². The molecule has 0 unspecified atom stereocenters. The molecule has 1 amide bonds. The Hall–Kier alpha value is -2.47. The zero-order valence-corrected chi connectivity index (χ0v) is 14.5. The van der Waals surface area contributed by atoms with Gasteiger partial charge in [0.25, 0.3) is 5.91 Å². The van der Waals surface area contributed by atoms with E-state index in [0.717, 1.165) is 24.2 Å². The first-order chi connectivity index (χ1) is 12.3. The molecule has 1 aliphatic rings. The van der Waals surface area contributed by atoms with Crippen LogP contribution >= 0.6 is 0 Å². The van der Waals surface area contributed by atoms with Gasteiger partial charge in [0, 0.05) is 31.9 Å². The van der Waals surface area contributed by atoms with Crippen LogP contribution in [0.1, 0.15) is 31.4 Å². The van der Waals surface area contributed by atoms with Crippen molar-refractivity contribution in [1.29, 1.82) is 0 Å². The average molecular weight is 340 g/mol. The number of carbonyl (C=O) groups is 1. The van der Waals surface area contributed by atoms with Gasteiger partial charge in [-0.2, -0.15) is 5.10 Å². The first kappa shape index (κ1) is 17.4. The van der Waals surface area contributed by atoms with Crippen LogP contribution in [-0.2, 0) is 9.53 Å². The molecule has 6 nitrogen and oxygen atoms in total. The van der Waals surface area contributed by atoms with Crippen molar-refractivity contribution in [3.63, 3.8) is 0 Å². The summed E-state index contributed by atoms with van der Waals surface area (Å²) in [6, 6.07) is 13.8. The number of aromatic nitrogens is 2. The van der Waals surface area contributed by atoms with Gasteiger partial charge in [0.2, 0.25) is 0 Å². The van der Waals surface area contributed by atoms with Crippen LogP contribution < -0.4 is 5.32 Å². The predicted molar refractivity (Wildman–Crippen MR) is 96.1 cm³/mol. The smallest absolute Gasteiger partial charge is 0.256 e. The second kappa shape index (κ2) is 8.58. The van der Waals surface area contributed by atoms with E-state index in [9.17, 15) is 4.79 Å². The van der Waals surface area contributed by atoms with Gasteiger partial charge >= 0.3 is 0 Å². The molecular weight excluding hydrogens is 316 g/mol. The largest absolute Gasteiger partial charge is 0.366 e. The lowest BCUT2D eigenvalue weighted by molar-refractivity contribution is -0.145. The molecule has 1 saturated heterocycles. The molecule has 1 atom stereocenters. The zero-order chi connectivity index (χ0) is 17.5. The molecule has 6 heteroatoms. The van der Waals surface area contributed by atoms with E-state index >= 15 is 0 Å². The highest BCUT2D eigenvalue weighted by atomic mass is 16.5. The topological polar surface area (TPSA) is 67.3 Å². The van der Waals surface area contributed by atoms with Gasteiger partial charge in [-0.1, -0.05) is 30.3 Å². The minimum Gasteiger partial charge on any atom is -0.366 e. The Balaban J connectivity index is 1.58. The number of piperidine rings is 1. The number of likely N-dealkylation sites (tertiary alicyclic amines) is 1. The minimum atomic E-state index is -0.518. The Kier molecular flexibility index (Phi) is 5.95. The second-order valence-electron chi connectivity index (χ2n) is 6.10. The third-order valence-electron chi connectivity index (χ3n) is 4.39. The molecule has 0 radical (unpaired) electrons. The van der Waals surface area contributed by atoms with Gasteiger partial charge in [-0.05, 0) is 37.5 Å². The highest BCUT2D eigenvalue weighted by Gasteiger charge is 2.29. The Morgan fingerprint density at radius 1 is 1.24 bits per heavy atom. The fourth-order valence-electron chi connectivity index (χ4n) is 3.10. The van der Waals surface area contributed by atoms with Crippen LogP contribution in [0, 0.1) is 0 Å². The quantitative estimate of drug-likeness (QED) is 0.876. The molecule has 0 saturated carbocycles. The summed E-state index contributed by atoms with van der Waals surface area (Å²) >= 11 is 0. The molecule has 0 spiro atoms. The molecule has 1 aromatic heterocycles. The lowest BCUT2D eigenvalue weighted by atomic mass is 10.0. The number of carbonyl (C=O) groups excluding carboxylic acids is 1. The van der Waals surface area contributed by atoms with E-state index in [0.29, 0.717) is 25.7 Å². The molecule has 1 aromatic carbocycles. The number of nitrogens with zero attached hydrogens (tertiary/aromatic N) is 3. The molecule has 2 heterocycles. The molecule has 25 heavy (non-hydrogen) atoms. The number of hydrogen-bond acceptors (Lipinski definition) is 5. The molecule has 132 valence electrons. The van der Waals surface area contributed by atoms with Crippen molar-refractivity contribution in [3.05, 3.63) is 54.2 Å². The summed E-state index contributed by atoms with van der Waals surface area (Å²) in [5.41, 5.74) is 0.911. The van der Waals surface area contributed by atoms with Crippen LogP contribution in [0.15, 0.2) is 48.7 Å². The summed E-state index contributed by atoms with van der Waals surface area (Å²) in [6.07, 6.45) is 2.91. The number of benzene rings is 1. The summed E-state index contributed by atoms with van der Waals surface area (Å²) in [5, 5.41) is 11.3. The summed E-state index contributed by atoms with van der Waals surface area (Å²) in [6.45, 7) is 3.86. The van der Waals surface area contributed by atoms with E-state index in [-0.39, 0.29) is 5.91 Å². The number of amides is 1. The van der Waals surface area contributed by atoms with Crippen molar-refractivity contribution < 1.29 is 9.53 Å². The van der Waals surface area contributed by atoms with Crippen molar-refractivity contribution in [2.45, 2.75) is 31.9 Å². The molecular formula is C19H24N4O2. The molecule has 1 fully saturated rings.